The zero-order chi connectivity index (χ0) is 11.2. The molecule has 0 aromatic heterocycles. The zero-order valence-electron chi connectivity index (χ0n) is 8.23. The Morgan fingerprint density at radius 1 is 1.67 bits per heavy atom. The van der Waals surface area contributed by atoms with Crippen molar-refractivity contribution in [2.75, 3.05) is 13.2 Å². The molecular weight excluding hydrogens is 202 g/mol. The highest BCUT2D eigenvalue weighted by molar-refractivity contribution is 6.54. The zero-order valence-corrected chi connectivity index (χ0v) is 8.23. The Bertz CT molecular complexity index is 352. The van der Waals surface area contributed by atoms with Gasteiger partial charge < -0.3 is 5.11 Å². The fourth-order valence-corrected chi connectivity index (χ4v) is 2.34. The molecule has 2 atom stereocenters. The molecule has 0 aromatic carbocycles. The number of carboxylic acid groups (broad SMARTS) is 1. The lowest BCUT2D eigenvalue weighted by molar-refractivity contribution is -0.224. The topological polar surface area (TPSA) is 83.9 Å². The van der Waals surface area contributed by atoms with Crippen molar-refractivity contribution in [3.8, 4) is 0 Å². The molecule has 2 rings (SSSR count). The third-order valence-corrected chi connectivity index (χ3v) is 3.02. The second kappa shape index (κ2) is 3.11. The second-order valence-corrected chi connectivity index (χ2v) is 3.63. The molecule has 15 heavy (non-hydrogen) atoms. The van der Waals surface area contributed by atoms with Gasteiger partial charge in [0.1, 0.15) is 0 Å². The van der Waals surface area contributed by atoms with Gasteiger partial charge in [-0.2, -0.15) is 5.06 Å². The van der Waals surface area contributed by atoms with E-state index in [9.17, 15) is 14.4 Å². The Morgan fingerprint density at radius 2 is 2.33 bits per heavy atom. The molecule has 0 aromatic rings. The van der Waals surface area contributed by atoms with Crippen LogP contribution in [0.3, 0.4) is 0 Å². The lowest BCUT2D eigenvalue weighted by Gasteiger charge is -2.41. The number of nitrogens with zero attached hydrogens (tertiary/aromatic N) is 1. The standard InChI is InChI=1S/C9H11NO5/c1-2-15-10-4-3-5-6(11)7(12)9(5,10)8(13)14/h5H,2-4H2,1H3,(H,13,14). The minimum absolute atomic E-state index is 0.281. The van der Waals surface area contributed by atoms with Crippen molar-refractivity contribution in [3.05, 3.63) is 0 Å². The van der Waals surface area contributed by atoms with Gasteiger partial charge in [0.15, 0.2) is 0 Å². The molecule has 1 saturated carbocycles. The molecule has 2 aliphatic rings. The normalized spacial score (nSPS) is 35.1. The van der Waals surface area contributed by atoms with Crippen molar-refractivity contribution < 1.29 is 24.3 Å². The van der Waals surface area contributed by atoms with Gasteiger partial charge in [0, 0.05) is 6.54 Å². The number of carbonyl (C=O) groups excluding carboxylic acids is 2. The summed E-state index contributed by atoms with van der Waals surface area (Å²) in [6.07, 6.45) is 0.372. The first-order valence-corrected chi connectivity index (χ1v) is 4.79. The van der Waals surface area contributed by atoms with E-state index in [-0.39, 0.29) is 6.61 Å². The summed E-state index contributed by atoms with van der Waals surface area (Å²) in [7, 11) is 0. The van der Waals surface area contributed by atoms with Crippen LogP contribution in [-0.2, 0) is 19.2 Å². The van der Waals surface area contributed by atoms with Gasteiger partial charge in [0.2, 0.25) is 17.1 Å². The molecule has 1 heterocycles. The molecule has 1 aliphatic heterocycles. The number of hydrogen-bond donors (Lipinski definition) is 1. The van der Waals surface area contributed by atoms with Crippen LogP contribution in [0.2, 0.25) is 0 Å². The van der Waals surface area contributed by atoms with E-state index >= 15 is 0 Å². The van der Waals surface area contributed by atoms with Crippen LogP contribution in [0.15, 0.2) is 0 Å². The first-order chi connectivity index (χ1) is 7.06. The van der Waals surface area contributed by atoms with Gasteiger partial charge in [-0.3, -0.25) is 14.4 Å². The molecule has 1 saturated heterocycles. The Morgan fingerprint density at radius 3 is 2.87 bits per heavy atom. The first-order valence-electron chi connectivity index (χ1n) is 4.79. The Labute approximate surface area is 85.8 Å². The number of hydrogen-bond acceptors (Lipinski definition) is 5. The Balaban J connectivity index is 2.36. The number of aliphatic carboxylic acids is 1. The summed E-state index contributed by atoms with van der Waals surface area (Å²) in [5, 5.41) is 10.2. The number of carboxylic acids is 1. The number of fused-ring (bicyclic) bond motifs is 1. The van der Waals surface area contributed by atoms with Crippen LogP contribution in [-0.4, -0.2) is 46.4 Å². The summed E-state index contributed by atoms with van der Waals surface area (Å²) in [6.45, 7) is 2.29. The van der Waals surface area contributed by atoms with E-state index in [4.69, 9.17) is 9.94 Å². The van der Waals surface area contributed by atoms with Crippen LogP contribution in [0.4, 0.5) is 0 Å². The highest BCUT2D eigenvalue weighted by atomic mass is 16.7. The third-order valence-electron chi connectivity index (χ3n) is 3.02. The molecule has 1 aliphatic carbocycles. The molecule has 6 nitrogen and oxygen atoms in total. The number of rotatable bonds is 3. The van der Waals surface area contributed by atoms with Crippen molar-refractivity contribution in [1.82, 2.24) is 5.06 Å². The predicted octanol–water partition coefficient (Wildman–Crippen LogP) is -0.765. The number of hydroxylamine groups is 2. The van der Waals surface area contributed by atoms with Crippen LogP contribution < -0.4 is 0 Å². The lowest BCUT2D eigenvalue weighted by Crippen LogP contribution is -2.72. The van der Waals surface area contributed by atoms with Crippen LogP contribution in [0.1, 0.15) is 13.3 Å². The van der Waals surface area contributed by atoms with E-state index < -0.39 is 29.0 Å². The summed E-state index contributed by atoms with van der Waals surface area (Å²) in [6, 6.07) is 0. The maximum atomic E-state index is 11.4. The maximum Gasteiger partial charge on any atom is 0.335 e. The molecule has 0 radical (unpaired) electrons. The SMILES string of the molecule is CCON1CCC2C(=O)C(=O)C21C(=O)O. The number of carbonyl (C=O) groups is 3. The summed E-state index contributed by atoms with van der Waals surface area (Å²) in [5.74, 6) is -3.46. The Kier molecular flexibility index (Phi) is 2.13. The van der Waals surface area contributed by atoms with Crippen LogP contribution >= 0.6 is 0 Å². The van der Waals surface area contributed by atoms with Crippen molar-refractivity contribution in [2.24, 2.45) is 5.92 Å². The van der Waals surface area contributed by atoms with E-state index in [0.29, 0.717) is 13.0 Å². The number of Topliss-reactive ketones (excluding diaryl/α,β-unsaturated/α-hetero) is 2. The minimum atomic E-state index is -1.73. The van der Waals surface area contributed by atoms with Crippen LogP contribution in [0.25, 0.3) is 0 Å². The van der Waals surface area contributed by atoms with Crippen LogP contribution in [0.5, 0.6) is 0 Å². The fourth-order valence-electron chi connectivity index (χ4n) is 2.34. The van der Waals surface area contributed by atoms with Gasteiger partial charge >= 0.3 is 5.97 Å². The largest absolute Gasteiger partial charge is 0.479 e. The summed E-state index contributed by atoms with van der Waals surface area (Å²) < 4.78 is 0. The van der Waals surface area contributed by atoms with Gasteiger partial charge in [-0.15, -0.1) is 0 Å². The second-order valence-electron chi connectivity index (χ2n) is 3.63. The average Bonchev–Trinajstić information content (AvgIpc) is 2.54. The number of ketones is 2. The monoisotopic (exact) mass is 213 g/mol. The van der Waals surface area contributed by atoms with E-state index in [1.54, 1.807) is 6.92 Å². The van der Waals surface area contributed by atoms with Gasteiger partial charge in [-0.1, -0.05) is 0 Å². The Hall–Kier alpha value is -1.27. The van der Waals surface area contributed by atoms with E-state index in [2.05, 4.69) is 0 Å². The smallest absolute Gasteiger partial charge is 0.335 e. The van der Waals surface area contributed by atoms with Gasteiger partial charge in [-0.05, 0) is 13.3 Å². The molecule has 6 heteroatoms. The van der Waals surface area contributed by atoms with Crippen LogP contribution in [0, 0.1) is 5.92 Å². The lowest BCUT2D eigenvalue weighted by atomic mass is 9.65. The summed E-state index contributed by atoms with van der Waals surface area (Å²) in [4.78, 5) is 38.9. The molecule has 1 N–H and O–H groups in total. The molecule has 0 bridgehead atoms. The molecule has 2 fully saturated rings. The maximum absolute atomic E-state index is 11.4. The van der Waals surface area contributed by atoms with E-state index in [1.807, 2.05) is 0 Å². The average molecular weight is 213 g/mol. The minimum Gasteiger partial charge on any atom is -0.479 e. The van der Waals surface area contributed by atoms with E-state index in [1.165, 1.54) is 0 Å². The molecule has 82 valence electrons. The molecule has 0 spiro atoms. The summed E-state index contributed by atoms with van der Waals surface area (Å²) >= 11 is 0. The highest BCUT2D eigenvalue weighted by Crippen LogP contribution is 2.45. The van der Waals surface area contributed by atoms with Crippen molar-refractivity contribution >= 4 is 17.5 Å². The predicted molar refractivity (Wildman–Crippen MR) is 46.8 cm³/mol. The summed E-state index contributed by atoms with van der Waals surface area (Å²) in [5.41, 5.74) is -1.73. The first kappa shape index (κ1) is 10.3. The quantitative estimate of drug-likeness (QED) is 0.489. The van der Waals surface area contributed by atoms with Gasteiger partial charge in [0.05, 0.1) is 12.5 Å². The van der Waals surface area contributed by atoms with E-state index in [0.717, 1.165) is 5.06 Å². The van der Waals surface area contributed by atoms with Crippen molar-refractivity contribution in [2.45, 2.75) is 18.9 Å². The fraction of sp³-hybridized carbons (Fsp3) is 0.667. The molecule has 0 amide bonds. The van der Waals surface area contributed by atoms with Crippen molar-refractivity contribution in [1.29, 1.82) is 0 Å². The van der Waals surface area contributed by atoms with Gasteiger partial charge in [-0.25, -0.2) is 4.79 Å². The molecule has 2 unspecified atom stereocenters. The highest BCUT2D eigenvalue weighted by Gasteiger charge is 2.74. The van der Waals surface area contributed by atoms with Gasteiger partial charge in [0.25, 0.3) is 0 Å². The third kappa shape index (κ3) is 0.977. The molecular formula is C9H11NO5. The van der Waals surface area contributed by atoms with Crippen molar-refractivity contribution in [3.63, 3.8) is 0 Å².